The number of carbonyl (C=O) groups is 1. The summed E-state index contributed by atoms with van der Waals surface area (Å²) in [6.07, 6.45) is 5.64. The zero-order valence-electron chi connectivity index (χ0n) is 8.91. The first-order valence-electron chi connectivity index (χ1n) is 5.38. The van der Waals surface area contributed by atoms with Crippen molar-refractivity contribution in [2.75, 3.05) is 0 Å². The molecule has 2 aliphatic carbocycles. The van der Waals surface area contributed by atoms with Crippen molar-refractivity contribution in [3.05, 3.63) is 12.2 Å². The molecule has 0 aromatic heterocycles. The van der Waals surface area contributed by atoms with Gasteiger partial charge in [0.1, 0.15) is 5.60 Å². The molecular formula is C12H16O2. The second-order valence-corrected chi connectivity index (χ2v) is 5.64. The first-order valence-corrected chi connectivity index (χ1v) is 5.38. The maximum absolute atomic E-state index is 11.9. The van der Waals surface area contributed by atoms with Gasteiger partial charge in [-0.2, -0.15) is 0 Å². The Kier molecular flexibility index (Phi) is 1.26. The number of allylic oxidation sites excluding steroid dienone is 2. The Balaban J connectivity index is 2.15. The van der Waals surface area contributed by atoms with Crippen LogP contribution < -0.4 is 0 Å². The predicted octanol–water partition coefficient (Wildman–Crippen LogP) is 2.15. The van der Waals surface area contributed by atoms with E-state index in [-0.39, 0.29) is 17.0 Å². The van der Waals surface area contributed by atoms with Crippen LogP contribution in [0.4, 0.5) is 0 Å². The van der Waals surface area contributed by atoms with E-state index in [2.05, 4.69) is 32.9 Å². The molecule has 0 aromatic rings. The van der Waals surface area contributed by atoms with Gasteiger partial charge >= 0.3 is 5.97 Å². The standard InChI is InChI=1S/C12H16O2/c1-11(2)9-7-4-5-8(6-7)12(9,3)10(13)14-11/h4-5,7-9H,6H2,1-3H3/t7-,8+,9+,12+/m1/s1. The highest BCUT2D eigenvalue weighted by Gasteiger charge is 2.68. The molecule has 14 heavy (non-hydrogen) atoms. The second-order valence-electron chi connectivity index (χ2n) is 5.64. The lowest BCUT2D eigenvalue weighted by atomic mass is 9.66. The number of fused-ring (bicyclic) bond motifs is 5. The maximum Gasteiger partial charge on any atom is 0.313 e. The fourth-order valence-electron chi connectivity index (χ4n) is 4.02. The highest BCUT2D eigenvalue weighted by atomic mass is 16.6. The molecule has 1 saturated carbocycles. The SMILES string of the molecule is CC1(C)OC(=O)[C@@]2(C)[C@H]3C=C[C@H](C3)[C@@H]12. The number of hydrogen-bond acceptors (Lipinski definition) is 2. The smallest absolute Gasteiger partial charge is 0.313 e. The van der Waals surface area contributed by atoms with Crippen LogP contribution in [-0.2, 0) is 9.53 Å². The summed E-state index contributed by atoms with van der Waals surface area (Å²) in [6.45, 7) is 6.19. The van der Waals surface area contributed by atoms with Gasteiger partial charge in [-0.15, -0.1) is 0 Å². The molecule has 0 unspecified atom stereocenters. The molecule has 2 bridgehead atoms. The van der Waals surface area contributed by atoms with Crippen molar-refractivity contribution < 1.29 is 9.53 Å². The summed E-state index contributed by atoms with van der Waals surface area (Å²) < 4.78 is 5.52. The first-order chi connectivity index (χ1) is 6.46. The number of esters is 1. The Bertz CT molecular complexity index is 342. The molecule has 0 spiro atoms. The van der Waals surface area contributed by atoms with Crippen LogP contribution in [0, 0.1) is 23.2 Å². The highest BCUT2D eigenvalue weighted by Crippen LogP contribution is 2.64. The van der Waals surface area contributed by atoms with Crippen LogP contribution >= 0.6 is 0 Å². The second kappa shape index (κ2) is 2.07. The first kappa shape index (κ1) is 8.51. The molecule has 1 aliphatic heterocycles. The van der Waals surface area contributed by atoms with E-state index in [4.69, 9.17) is 4.74 Å². The van der Waals surface area contributed by atoms with Gasteiger partial charge in [0.2, 0.25) is 0 Å². The van der Waals surface area contributed by atoms with E-state index in [0.717, 1.165) is 6.42 Å². The molecule has 0 amide bonds. The molecule has 76 valence electrons. The topological polar surface area (TPSA) is 26.3 Å². The van der Waals surface area contributed by atoms with Gasteiger partial charge in [-0.3, -0.25) is 4.79 Å². The van der Waals surface area contributed by atoms with Crippen molar-refractivity contribution in [2.45, 2.75) is 32.8 Å². The average Bonchev–Trinajstić information content (AvgIpc) is 2.64. The molecule has 1 heterocycles. The van der Waals surface area contributed by atoms with Crippen molar-refractivity contribution in [1.29, 1.82) is 0 Å². The monoisotopic (exact) mass is 192 g/mol. The lowest BCUT2D eigenvalue weighted by molar-refractivity contribution is -0.153. The van der Waals surface area contributed by atoms with Crippen LogP contribution in [0.2, 0.25) is 0 Å². The summed E-state index contributed by atoms with van der Waals surface area (Å²) in [5.41, 5.74) is -0.501. The summed E-state index contributed by atoms with van der Waals surface area (Å²) in [5.74, 6) is 1.39. The van der Waals surface area contributed by atoms with Crippen LogP contribution in [0.15, 0.2) is 12.2 Å². The van der Waals surface area contributed by atoms with E-state index in [0.29, 0.717) is 17.8 Å². The zero-order valence-corrected chi connectivity index (χ0v) is 8.91. The van der Waals surface area contributed by atoms with Crippen molar-refractivity contribution >= 4 is 5.97 Å². The third-order valence-corrected chi connectivity index (χ3v) is 4.51. The number of cyclic esters (lactones) is 1. The fourth-order valence-corrected chi connectivity index (χ4v) is 4.02. The molecule has 1 saturated heterocycles. The molecule has 2 fully saturated rings. The van der Waals surface area contributed by atoms with Crippen LogP contribution in [0.5, 0.6) is 0 Å². The van der Waals surface area contributed by atoms with Crippen molar-refractivity contribution in [1.82, 2.24) is 0 Å². The Morgan fingerprint density at radius 1 is 1.36 bits per heavy atom. The molecule has 0 radical (unpaired) electrons. The molecule has 2 nitrogen and oxygen atoms in total. The Hall–Kier alpha value is -0.790. The van der Waals surface area contributed by atoms with Crippen molar-refractivity contribution in [3.63, 3.8) is 0 Å². The lowest BCUT2D eigenvalue weighted by Crippen LogP contribution is -2.38. The summed E-state index contributed by atoms with van der Waals surface area (Å²) >= 11 is 0. The lowest BCUT2D eigenvalue weighted by Gasteiger charge is -2.33. The van der Waals surface area contributed by atoms with E-state index in [9.17, 15) is 4.79 Å². The van der Waals surface area contributed by atoms with Gasteiger partial charge < -0.3 is 4.74 Å². The van der Waals surface area contributed by atoms with Crippen LogP contribution in [0.3, 0.4) is 0 Å². The quantitative estimate of drug-likeness (QED) is 0.434. The minimum Gasteiger partial charge on any atom is -0.459 e. The van der Waals surface area contributed by atoms with Crippen molar-refractivity contribution in [2.24, 2.45) is 23.2 Å². The molecule has 0 aromatic carbocycles. The van der Waals surface area contributed by atoms with Gasteiger partial charge in [0.15, 0.2) is 0 Å². The predicted molar refractivity (Wildman–Crippen MR) is 52.5 cm³/mol. The Morgan fingerprint density at radius 2 is 2.07 bits per heavy atom. The Morgan fingerprint density at radius 3 is 2.71 bits per heavy atom. The number of carbonyl (C=O) groups excluding carboxylic acids is 1. The third-order valence-electron chi connectivity index (χ3n) is 4.51. The molecule has 2 heteroatoms. The Labute approximate surface area is 84.3 Å². The van der Waals surface area contributed by atoms with Crippen LogP contribution in [0.1, 0.15) is 27.2 Å². The minimum atomic E-state index is -0.268. The van der Waals surface area contributed by atoms with Gasteiger partial charge in [0.25, 0.3) is 0 Å². The molecule has 3 aliphatic rings. The van der Waals surface area contributed by atoms with Crippen molar-refractivity contribution in [3.8, 4) is 0 Å². The van der Waals surface area contributed by atoms with Gasteiger partial charge in [-0.05, 0) is 39.0 Å². The zero-order chi connectivity index (χ0) is 10.1. The van der Waals surface area contributed by atoms with Gasteiger partial charge in [0, 0.05) is 5.92 Å². The average molecular weight is 192 g/mol. The maximum atomic E-state index is 11.9. The molecular weight excluding hydrogens is 176 g/mol. The van der Waals surface area contributed by atoms with E-state index in [1.165, 1.54) is 0 Å². The fraction of sp³-hybridized carbons (Fsp3) is 0.750. The minimum absolute atomic E-state index is 0.0179. The van der Waals surface area contributed by atoms with Gasteiger partial charge in [0.05, 0.1) is 5.41 Å². The van der Waals surface area contributed by atoms with Gasteiger partial charge in [-0.1, -0.05) is 12.2 Å². The largest absolute Gasteiger partial charge is 0.459 e. The summed E-state index contributed by atoms with van der Waals surface area (Å²) in [6, 6.07) is 0. The molecule has 0 N–H and O–H groups in total. The summed E-state index contributed by atoms with van der Waals surface area (Å²) in [4.78, 5) is 11.9. The highest BCUT2D eigenvalue weighted by molar-refractivity contribution is 5.82. The number of rotatable bonds is 0. The van der Waals surface area contributed by atoms with Gasteiger partial charge in [-0.25, -0.2) is 0 Å². The normalized spacial score (nSPS) is 52.2. The van der Waals surface area contributed by atoms with E-state index in [1.54, 1.807) is 0 Å². The third kappa shape index (κ3) is 0.688. The molecule has 3 rings (SSSR count). The number of ether oxygens (including phenoxy) is 1. The molecule has 4 atom stereocenters. The number of hydrogen-bond donors (Lipinski definition) is 0. The van der Waals surface area contributed by atoms with E-state index >= 15 is 0 Å². The van der Waals surface area contributed by atoms with Crippen LogP contribution in [-0.4, -0.2) is 11.6 Å². The van der Waals surface area contributed by atoms with E-state index in [1.807, 2.05) is 0 Å². The summed E-state index contributed by atoms with van der Waals surface area (Å²) in [7, 11) is 0. The van der Waals surface area contributed by atoms with Crippen LogP contribution in [0.25, 0.3) is 0 Å². The summed E-state index contributed by atoms with van der Waals surface area (Å²) in [5, 5.41) is 0. The van der Waals surface area contributed by atoms with E-state index < -0.39 is 0 Å².